The van der Waals surface area contributed by atoms with Crippen LogP contribution in [-0.4, -0.2) is 77.5 Å². The maximum absolute atomic E-state index is 5.71. The molecule has 0 aromatic rings. The van der Waals surface area contributed by atoms with Crippen LogP contribution < -0.4 is 0 Å². The van der Waals surface area contributed by atoms with Gasteiger partial charge in [-0.3, -0.25) is 0 Å². The molecular weight excluding hydrogens is 213 g/mol. The van der Waals surface area contributed by atoms with E-state index in [9.17, 15) is 0 Å². The van der Waals surface area contributed by atoms with Gasteiger partial charge in [-0.2, -0.15) is 0 Å². The Morgan fingerprint density at radius 3 is 2.00 bits per heavy atom. The molecular formula is C9H16AlNO4. The molecule has 0 aromatic carbocycles. The van der Waals surface area contributed by atoms with E-state index in [0.29, 0.717) is 18.3 Å². The lowest BCUT2D eigenvalue weighted by Gasteiger charge is -2.18. The van der Waals surface area contributed by atoms with E-state index in [1.165, 1.54) is 0 Å². The number of hydrogen-bond donors (Lipinski definition) is 0. The third kappa shape index (κ3) is 4.00. The van der Waals surface area contributed by atoms with Crippen LogP contribution in [0.3, 0.4) is 0 Å². The standard InChI is InChI=1S/C6H10NO2.C3H5O2.Al.H/c1(5-3-8-5)7-2-6-4-9-6;4-1-3-2-5-3;;/h5-6H,1-4H2;3H,1-2H2;;/q2*-1;+2;. The zero-order valence-electron chi connectivity index (χ0n) is 8.76. The van der Waals surface area contributed by atoms with Crippen molar-refractivity contribution in [1.29, 1.82) is 0 Å². The van der Waals surface area contributed by atoms with Gasteiger partial charge in [-0.15, -0.1) is 0 Å². The minimum Gasteiger partial charge on any atom is -0.489 e. The van der Waals surface area contributed by atoms with Gasteiger partial charge in [0.2, 0.25) is 0 Å². The number of rotatable bonds is 8. The van der Waals surface area contributed by atoms with Crippen LogP contribution in [-0.2, 0) is 18.0 Å². The first-order chi connectivity index (χ1) is 7.40. The molecule has 0 spiro atoms. The first-order valence-corrected chi connectivity index (χ1v) is 6.76. The molecule has 15 heavy (non-hydrogen) atoms. The normalized spacial score (nSPS) is 36.7. The molecule has 3 unspecified atom stereocenters. The minimum absolute atomic E-state index is 0.383. The van der Waals surface area contributed by atoms with E-state index in [1.807, 2.05) is 0 Å². The second kappa shape index (κ2) is 4.68. The van der Waals surface area contributed by atoms with Crippen molar-refractivity contribution in [1.82, 2.24) is 3.88 Å². The van der Waals surface area contributed by atoms with Gasteiger partial charge in [0, 0.05) is 19.7 Å². The highest BCUT2D eigenvalue weighted by atomic mass is 27.1. The second-order valence-electron chi connectivity index (χ2n) is 4.40. The number of nitrogens with zero attached hydrogens (tertiary/aromatic N) is 1. The third-order valence-corrected chi connectivity index (χ3v) is 4.01. The number of hydrogen-bond acceptors (Lipinski definition) is 5. The maximum atomic E-state index is 5.71. The van der Waals surface area contributed by atoms with Gasteiger partial charge in [-0.05, 0) is 0 Å². The highest BCUT2D eigenvalue weighted by Gasteiger charge is 2.32. The Morgan fingerprint density at radius 2 is 1.53 bits per heavy atom. The van der Waals surface area contributed by atoms with E-state index in [4.69, 9.17) is 18.0 Å². The summed E-state index contributed by atoms with van der Waals surface area (Å²) in [7, 11) is 0. The van der Waals surface area contributed by atoms with E-state index in [-0.39, 0.29) is 0 Å². The van der Waals surface area contributed by atoms with Crippen LogP contribution in [0.4, 0.5) is 0 Å². The molecule has 3 atom stereocenters. The summed E-state index contributed by atoms with van der Waals surface area (Å²) in [6.07, 6.45) is 1.29. The van der Waals surface area contributed by atoms with E-state index < -0.39 is 15.8 Å². The molecule has 0 amide bonds. The van der Waals surface area contributed by atoms with Crippen molar-refractivity contribution in [3.05, 3.63) is 0 Å². The molecule has 6 heteroatoms. The van der Waals surface area contributed by atoms with Crippen LogP contribution in [0.1, 0.15) is 0 Å². The Kier molecular flexibility index (Phi) is 3.27. The molecule has 0 saturated carbocycles. The summed E-state index contributed by atoms with van der Waals surface area (Å²) in [5, 5.41) is 0. The molecule has 0 bridgehead atoms. The predicted molar refractivity (Wildman–Crippen MR) is 53.9 cm³/mol. The van der Waals surface area contributed by atoms with E-state index in [1.54, 1.807) is 0 Å². The smallest absolute Gasteiger partial charge is 0.489 e. The Labute approximate surface area is 95.9 Å². The zero-order valence-corrected chi connectivity index (χ0v) is 10.2. The average molecular weight is 229 g/mol. The summed E-state index contributed by atoms with van der Waals surface area (Å²) in [6, 6.07) is 0. The Balaban J connectivity index is 1.34. The monoisotopic (exact) mass is 229 g/mol. The van der Waals surface area contributed by atoms with Crippen molar-refractivity contribution in [2.24, 2.45) is 0 Å². The molecule has 3 heterocycles. The first-order valence-electron chi connectivity index (χ1n) is 5.55. The van der Waals surface area contributed by atoms with Crippen molar-refractivity contribution in [3.63, 3.8) is 0 Å². The minimum atomic E-state index is -0.590. The molecule has 0 N–H and O–H groups in total. The van der Waals surface area contributed by atoms with Gasteiger partial charge in [0.05, 0.1) is 32.0 Å². The van der Waals surface area contributed by atoms with Crippen LogP contribution in [0.5, 0.6) is 0 Å². The van der Waals surface area contributed by atoms with Crippen molar-refractivity contribution >= 4 is 15.8 Å². The molecule has 0 aliphatic carbocycles. The average Bonchev–Trinajstić information content (AvgIpc) is 3.06. The van der Waals surface area contributed by atoms with Crippen molar-refractivity contribution in [2.75, 3.05) is 39.5 Å². The molecule has 0 aromatic heterocycles. The van der Waals surface area contributed by atoms with Gasteiger partial charge in [-0.25, -0.2) is 0 Å². The summed E-state index contributed by atoms with van der Waals surface area (Å²) in [4.78, 5) is 0. The third-order valence-electron chi connectivity index (χ3n) is 2.71. The predicted octanol–water partition coefficient (Wildman–Crippen LogP) is -1.23. The summed E-state index contributed by atoms with van der Waals surface area (Å²) in [6.45, 7) is 5.55. The molecule has 84 valence electrons. The second-order valence-corrected chi connectivity index (χ2v) is 5.96. The Hall–Kier alpha value is 0.332. The summed E-state index contributed by atoms with van der Waals surface area (Å²) in [5.41, 5.74) is 0. The fourth-order valence-corrected chi connectivity index (χ4v) is 2.99. The van der Waals surface area contributed by atoms with Gasteiger partial charge in [-0.1, -0.05) is 0 Å². The summed E-state index contributed by atoms with van der Waals surface area (Å²) in [5.74, 6) is 0. The van der Waals surface area contributed by atoms with Gasteiger partial charge in [0.1, 0.15) is 6.10 Å². The lowest BCUT2D eigenvalue weighted by Crippen LogP contribution is -2.37. The van der Waals surface area contributed by atoms with Crippen molar-refractivity contribution in [2.45, 2.75) is 18.3 Å². The molecule has 0 radical (unpaired) electrons. The molecule has 3 rings (SSSR count). The molecule has 3 aliphatic heterocycles. The SMILES string of the molecule is C([O][AlH][N](CC1CO1)CC1CO1)C1CO1. The van der Waals surface area contributed by atoms with Crippen LogP contribution >= 0.6 is 0 Å². The molecule has 3 saturated heterocycles. The Morgan fingerprint density at radius 1 is 1.00 bits per heavy atom. The van der Waals surface area contributed by atoms with Gasteiger partial charge >= 0.3 is 15.8 Å². The van der Waals surface area contributed by atoms with Gasteiger partial charge in [0.25, 0.3) is 0 Å². The highest BCUT2D eigenvalue weighted by Crippen LogP contribution is 2.15. The van der Waals surface area contributed by atoms with Gasteiger partial charge < -0.3 is 21.9 Å². The lowest BCUT2D eigenvalue weighted by molar-refractivity contribution is 0.228. The number of epoxide rings is 3. The fourth-order valence-electron chi connectivity index (χ4n) is 1.58. The molecule has 3 fully saturated rings. The van der Waals surface area contributed by atoms with Crippen LogP contribution in [0.15, 0.2) is 0 Å². The van der Waals surface area contributed by atoms with E-state index >= 15 is 0 Å². The van der Waals surface area contributed by atoms with Crippen LogP contribution in [0, 0.1) is 0 Å². The van der Waals surface area contributed by atoms with Crippen LogP contribution in [0.2, 0.25) is 0 Å². The van der Waals surface area contributed by atoms with Crippen molar-refractivity contribution < 1.29 is 18.0 Å². The topological polar surface area (TPSA) is 50.1 Å². The Bertz CT molecular complexity index is 204. The highest BCUT2D eigenvalue weighted by molar-refractivity contribution is 6.23. The summed E-state index contributed by atoms with van der Waals surface area (Å²) >= 11 is -0.590. The first kappa shape index (κ1) is 10.5. The summed E-state index contributed by atoms with van der Waals surface area (Å²) < 4.78 is 23.7. The molecule has 5 nitrogen and oxygen atoms in total. The maximum Gasteiger partial charge on any atom is 0.555 e. The van der Waals surface area contributed by atoms with Crippen molar-refractivity contribution in [3.8, 4) is 0 Å². The fraction of sp³-hybridized carbons (Fsp3) is 1.00. The van der Waals surface area contributed by atoms with E-state index in [2.05, 4.69) is 3.88 Å². The molecule has 3 aliphatic rings. The van der Waals surface area contributed by atoms with Crippen LogP contribution in [0.25, 0.3) is 0 Å². The van der Waals surface area contributed by atoms with Gasteiger partial charge in [0.15, 0.2) is 0 Å². The quantitative estimate of drug-likeness (QED) is 0.385. The largest absolute Gasteiger partial charge is 0.555 e. The lowest BCUT2D eigenvalue weighted by atomic mass is 10.4. The van der Waals surface area contributed by atoms with E-state index in [0.717, 1.165) is 39.5 Å². The number of ether oxygens (including phenoxy) is 3. The zero-order chi connectivity index (χ0) is 10.1.